The third-order valence-corrected chi connectivity index (χ3v) is 6.12. The van der Waals surface area contributed by atoms with E-state index < -0.39 is 0 Å². The fourth-order valence-electron chi connectivity index (χ4n) is 4.44. The first kappa shape index (κ1) is 20.1. The Labute approximate surface area is 197 Å². The van der Waals surface area contributed by atoms with E-state index in [2.05, 4.69) is 93.7 Å². The Morgan fingerprint density at radius 2 is 1.44 bits per heavy atom. The molecule has 5 nitrogen and oxygen atoms in total. The van der Waals surface area contributed by atoms with Crippen LogP contribution in [0, 0.1) is 6.92 Å². The van der Waals surface area contributed by atoms with Gasteiger partial charge in [0.25, 0.3) is 0 Å². The molecule has 2 heterocycles. The predicted octanol–water partition coefficient (Wildman–Crippen LogP) is 6.75. The monoisotopic (exact) mass is 441 g/mol. The Morgan fingerprint density at radius 3 is 2.24 bits per heavy atom. The highest BCUT2D eigenvalue weighted by Crippen LogP contribution is 2.31. The number of aromatic nitrogens is 4. The molecule has 1 N–H and O–H groups in total. The average molecular weight is 442 g/mol. The van der Waals surface area contributed by atoms with Crippen LogP contribution in [-0.2, 0) is 6.54 Å². The SMILES string of the molecule is Cc1nc2cc(Nc3nnc(-c4ccccc4)c4ccccc34)ccc2n1Cc1ccccc1. The van der Waals surface area contributed by atoms with Gasteiger partial charge in [-0.2, -0.15) is 0 Å². The van der Waals surface area contributed by atoms with Crippen LogP contribution in [0.5, 0.6) is 0 Å². The zero-order valence-corrected chi connectivity index (χ0v) is 18.8. The van der Waals surface area contributed by atoms with Gasteiger partial charge in [0.2, 0.25) is 0 Å². The summed E-state index contributed by atoms with van der Waals surface area (Å²) in [6.45, 7) is 2.85. The van der Waals surface area contributed by atoms with Crippen molar-refractivity contribution < 1.29 is 0 Å². The molecule has 0 bridgehead atoms. The van der Waals surface area contributed by atoms with Gasteiger partial charge in [-0.3, -0.25) is 0 Å². The lowest BCUT2D eigenvalue weighted by Crippen LogP contribution is -2.02. The van der Waals surface area contributed by atoms with E-state index in [4.69, 9.17) is 4.98 Å². The number of imidazole rings is 1. The molecular weight excluding hydrogens is 418 g/mol. The van der Waals surface area contributed by atoms with Gasteiger partial charge in [-0.15, -0.1) is 10.2 Å². The molecule has 6 aromatic rings. The zero-order valence-electron chi connectivity index (χ0n) is 18.8. The van der Waals surface area contributed by atoms with E-state index in [1.54, 1.807) is 0 Å². The van der Waals surface area contributed by atoms with Gasteiger partial charge in [0.15, 0.2) is 5.82 Å². The van der Waals surface area contributed by atoms with Crippen molar-refractivity contribution in [1.29, 1.82) is 0 Å². The summed E-state index contributed by atoms with van der Waals surface area (Å²) in [6.07, 6.45) is 0. The summed E-state index contributed by atoms with van der Waals surface area (Å²) in [5.41, 5.74) is 6.20. The summed E-state index contributed by atoms with van der Waals surface area (Å²) in [5, 5.41) is 14.7. The minimum absolute atomic E-state index is 0.732. The second kappa shape index (κ2) is 8.45. The molecule has 0 aliphatic rings. The maximum atomic E-state index is 4.81. The van der Waals surface area contributed by atoms with Crippen LogP contribution in [-0.4, -0.2) is 19.7 Å². The van der Waals surface area contributed by atoms with Gasteiger partial charge in [0.1, 0.15) is 11.5 Å². The van der Waals surface area contributed by atoms with E-state index in [0.29, 0.717) is 0 Å². The molecule has 0 saturated heterocycles. The van der Waals surface area contributed by atoms with Gasteiger partial charge >= 0.3 is 0 Å². The topological polar surface area (TPSA) is 55.6 Å². The molecule has 0 aliphatic carbocycles. The molecule has 5 heteroatoms. The first-order valence-corrected chi connectivity index (χ1v) is 11.3. The van der Waals surface area contributed by atoms with Crippen molar-refractivity contribution >= 4 is 33.3 Å². The minimum atomic E-state index is 0.732. The third kappa shape index (κ3) is 3.67. The van der Waals surface area contributed by atoms with Gasteiger partial charge in [-0.25, -0.2) is 4.98 Å². The highest BCUT2D eigenvalue weighted by atomic mass is 15.2. The van der Waals surface area contributed by atoms with Crippen LogP contribution in [0.15, 0.2) is 103 Å². The molecule has 0 spiro atoms. The summed E-state index contributed by atoms with van der Waals surface area (Å²) in [6, 6.07) is 35.1. The van der Waals surface area contributed by atoms with E-state index in [-0.39, 0.29) is 0 Å². The standard InChI is InChI=1S/C29H23N5/c1-20-30-26-18-23(16-17-27(26)34(20)19-21-10-4-2-5-11-21)31-29-25-15-9-8-14-24(25)28(32-33-29)22-12-6-3-7-13-22/h2-18H,19H2,1H3,(H,31,33). The summed E-state index contributed by atoms with van der Waals surface area (Å²) in [5.74, 6) is 1.73. The van der Waals surface area contributed by atoms with E-state index in [0.717, 1.165) is 56.9 Å². The van der Waals surface area contributed by atoms with Crippen molar-refractivity contribution in [2.75, 3.05) is 5.32 Å². The largest absolute Gasteiger partial charge is 0.338 e. The number of hydrogen-bond acceptors (Lipinski definition) is 4. The van der Waals surface area contributed by atoms with Crippen LogP contribution in [0.25, 0.3) is 33.1 Å². The van der Waals surface area contributed by atoms with E-state index in [1.165, 1.54) is 5.56 Å². The number of nitrogens with one attached hydrogen (secondary N) is 1. The molecule has 34 heavy (non-hydrogen) atoms. The van der Waals surface area contributed by atoms with Crippen LogP contribution >= 0.6 is 0 Å². The lowest BCUT2D eigenvalue weighted by atomic mass is 10.0. The molecule has 0 amide bonds. The van der Waals surface area contributed by atoms with Crippen molar-refractivity contribution in [3.8, 4) is 11.3 Å². The van der Waals surface area contributed by atoms with Gasteiger partial charge in [0.05, 0.1) is 11.0 Å². The van der Waals surface area contributed by atoms with Crippen molar-refractivity contribution in [3.63, 3.8) is 0 Å². The van der Waals surface area contributed by atoms with Crippen LogP contribution in [0.2, 0.25) is 0 Å². The average Bonchev–Trinajstić information content (AvgIpc) is 3.19. The molecule has 0 saturated carbocycles. The van der Waals surface area contributed by atoms with Gasteiger partial charge < -0.3 is 9.88 Å². The van der Waals surface area contributed by atoms with Crippen LogP contribution < -0.4 is 5.32 Å². The Bertz CT molecular complexity index is 1600. The Kier molecular flexibility index (Phi) is 5.00. The molecule has 164 valence electrons. The fraction of sp³-hybridized carbons (Fsp3) is 0.0690. The quantitative estimate of drug-likeness (QED) is 0.322. The van der Waals surface area contributed by atoms with Crippen molar-refractivity contribution in [3.05, 3.63) is 115 Å². The van der Waals surface area contributed by atoms with E-state index in [1.807, 2.05) is 36.4 Å². The van der Waals surface area contributed by atoms with Crippen molar-refractivity contribution in [1.82, 2.24) is 19.7 Å². The highest BCUT2D eigenvalue weighted by Gasteiger charge is 2.13. The molecule has 0 radical (unpaired) electrons. The Balaban J connectivity index is 1.36. The molecular formula is C29H23N5. The van der Waals surface area contributed by atoms with Crippen LogP contribution in [0.3, 0.4) is 0 Å². The van der Waals surface area contributed by atoms with Crippen LogP contribution in [0.4, 0.5) is 11.5 Å². The molecule has 0 unspecified atom stereocenters. The number of aryl methyl sites for hydroxylation is 1. The van der Waals surface area contributed by atoms with Gasteiger partial charge in [-0.1, -0.05) is 84.9 Å². The second-order valence-corrected chi connectivity index (χ2v) is 8.37. The maximum absolute atomic E-state index is 4.81. The fourth-order valence-corrected chi connectivity index (χ4v) is 4.44. The predicted molar refractivity (Wildman–Crippen MR) is 138 cm³/mol. The molecule has 0 fully saturated rings. The summed E-state index contributed by atoms with van der Waals surface area (Å²) in [4.78, 5) is 4.81. The maximum Gasteiger partial charge on any atom is 0.161 e. The first-order valence-electron chi connectivity index (χ1n) is 11.3. The van der Waals surface area contributed by atoms with Gasteiger partial charge in [-0.05, 0) is 30.7 Å². The van der Waals surface area contributed by atoms with Crippen molar-refractivity contribution in [2.45, 2.75) is 13.5 Å². The number of hydrogen-bond donors (Lipinski definition) is 1. The van der Waals surface area contributed by atoms with Crippen molar-refractivity contribution in [2.24, 2.45) is 0 Å². The number of nitrogens with zero attached hydrogens (tertiary/aromatic N) is 4. The van der Waals surface area contributed by atoms with E-state index >= 15 is 0 Å². The normalized spacial score (nSPS) is 11.2. The Hall–Kier alpha value is -4.51. The summed E-state index contributed by atoms with van der Waals surface area (Å²) < 4.78 is 2.25. The first-order chi connectivity index (χ1) is 16.8. The Morgan fingerprint density at radius 1 is 0.735 bits per heavy atom. The smallest absolute Gasteiger partial charge is 0.161 e. The summed E-state index contributed by atoms with van der Waals surface area (Å²) >= 11 is 0. The number of benzene rings is 4. The summed E-state index contributed by atoms with van der Waals surface area (Å²) in [7, 11) is 0. The molecule has 6 rings (SSSR count). The number of fused-ring (bicyclic) bond motifs is 2. The molecule has 4 aromatic carbocycles. The van der Waals surface area contributed by atoms with Gasteiger partial charge in [0, 0.05) is 28.6 Å². The molecule has 0 aliphatic heterocycles. The number of rotatable bonds is 5. The number of anilines is 2. The van der Waals surface area contributed by atoms with E-state index in [9.17, 15) is 0 Å². The lowest BCUT2D eigenvalue weighted by Gasteiger charge is -2.11. The lowest BCUT2D eigenvalue weighted by molar-refractivity contribution is 0.786. The minimum Gasteiger partial charge on any atom is -0.338 e. The second-order valence-electron chi connectivity index (χ2n) is 8.37. The third-order valence-electron chi connectivity index (χ3n) is 6.12. The molecule has 0 atom stereocenters. The zero-order chi connectivity index (χ0) is 22.9. The highest BCUT2D eigenvalue weighted by molar-refractivity contribution is 6.01. The van der Waals surface area contributed by atoms with Crippen LogP contribution in [0.1, 0.15) is 11.4 Å². The molecule has 2 aromatic heterocycles.